The standard InChI is InChI=1S/C8H10N2O4S/c1-15(13,14)10-8(12)6-2-3-7(5-11)9-4-6/h2-4,11H,5H2,1H3,(H,10,12). The molecular weight excluding hydrogens is 220 g/mol. The van der Waals surface area contributed by atoms with Crippen LogP contribution in [0.3, 0.4) is 0 Å². The molecule has 0 spiro atoms. The van der Waals surface area contributed by atoms with Crippen molar-refractivity contribution in [2.24, 2.45) is 0 Å². The number of pyridine rings is 1. The van der Waals surface area contributed by atoms with E-state index in [1.165, 1.54) is 18.3 Å². The van der Waals surface area contributed by atoms with E-state index in [4.69, 9.17) is 5.11 Å². The summed E-state index contributed by atoms with van der Waals surface area (Å²) in [7, 11) is -3.56. The van der Waals surface area contributed by atoms with E-state index in [2.05, 4.69) is 4.98 Å². The number of amides is 1. The number of hydrogen-bond donors (Lipinski definition) is 2. The second-order valence-electron chi connectivity index (χ2n) is 2.90. The van der Waals surface area contributed by atoms with Crippen LogP contribution in [0.25, 0.3) is 0 Å². The molecule has 15 heavy (non-hydrogen) atoms. The molecule has 0 aliphatic carbocycles. The molecule has 0 bridgehead atoms. The molecule has 82 valence electrons. The lowest BCUT2D eigenvalue weighted by atomic mass is 10.2. The zero-order valence-corrected chi connectivity index (χ0v) is 8.78. The molecule has 0 saturated heterocycles. The lowest BCUT2D eigenvalue weighted by Gasteiger charge is -2.02. The van der Waals surface area contributed by atoms with Crippen molar-refractivity contribution in [1.82, 2.24) is 9.71 Å². The molecule has 1 aromatic rings. The third-order valence-electron chi connectivity index (χ3n) is 1.53. The molecule has 0 saturated carbocycles. The molecule has 0 aromatic carbocycles. The van der Waals surface area contributed by atoms with Crippen molar-refractivity contribution in [1.29, 1.82) is 0 Å². The second-order valence-corrected chi connectivity index (χ2v) is 4.65. The minimum atomic E-state index is -3.56. The lowest BCUT2D eigenvalue weighted by molar-refractivity contribution is 0.0981. The fourth-order valence-corrected chi connectivity index (χ4v) is 1.33. The number of aliphatic hydroxyl groups excluding tert-OH is 1. The van der Waals surface area contributed by atoms with Crippen molar-refractivity contribution < 1.29 is 18.3 Å². The van der Waals surface area contributed by atoms with E-state index in [9.17, 15) is 13.2 Å². The smallest absolute Gasteiger partial charge is 0.266 e. The average Bonchev–Trinajstić information content (AvgIpc) is 2.15. The van der Waals surface area contributed by atoms with Crippen LogP contribution in [-0.4, -0.2) is 30.7 Å². The second kappa shape index (κ2) is 4.37. The fourth-order valence-electron chi connectivity index (χ4n) is 0.880. The highest BCUT2D eigenvalue weighted by molar-refractivity contribution is 7.89. The maximum Gasteiger partial charge on any atom is 0.266 e. The van der Waals surface area contributed by atoms with Crippen molar-refractivity contribution in [3.63, 3.8) is 0 Å². The number of sulfonamides is 1. The summed E-state index contributed by atoms with van der Waals surface area (Å²) in [5.41, 5.74) is 0.531. The van der Waals surface area contributed by atoms with Gasteiger partial charge in [-0.1, -0.05) is 0 Å². The van der Waals surface area contributed by atoms with Crippen molar-refractivity contribution in [3.8, 4) is 0 Å². The van der Waals surface area contributed by atoms with E-state index in [0.29, 0.717) is 5.69 Å². The Morgan fingerprint density at radius 1 is 1.53 bits per heavy atom. The zero-order chi connectivity index (χ0) is 11.5. The third-order valence-corrected chi connectivity index (χ3v) is 2.08. The van der Waals surface area contributed by atoms with Crippen LogP contribution in [-0.2, 0) is 16.6 Å². The number of aliphatic hydroxyl groups is 1. The maximum absolute atomic E-state index is 11.3. The van der Waals surface area contributed by atoms with Gasteiger partial charge in [0.15, 0.2) is 0 Å². The predicted octanol–water partition coefficient (Wildman–Crippen LogP) is -0.737. The van der Waals surface area contributed by atoms with E-state index in [1.807, 2.05) is 0 Å². The number of aromatic nitrogens is 1. The Bertz CT molecular complexity index is 452. The quantitative estimate of drug-likeness (QED) is 0.713. The molecule has 0 aliphatic heterocycles. The average molecular weight is 230 g/mol. The van der Waals surface area contributed by atoms with Crippen LogP contribution in [0.2, 0.25) is 0 Å². The van der Waals surface area contributed by atoms with Gasteiger partial charge in [-0.15, -0.1) is 0 Å². The zero-order valence-electron chi connectivity index (χ0n) is 7.97. The first-order valence-corrected chi connectivity index (χ1v) is 5.89. The Morgan fingerprint density at radius 2 is 2.20 bits per heavy atom. The molecule has 1 aromatic heterocycles. The van der Waals surface area contributed by atoms with Crippen LogP contribution in [0, 0.1) is 0 Å². The summed E-state index contributed by atoms with van der Waals surface area (Å²) in [4.78, 5) is 15.0. The van der Waals surface area contributed by atoms with Gasteiger partial charge in [0.25, 0.3) is 5.91 Å². The summed E-state index contributed by atoms with van der Waals surface area (Å²) in [6.07, 6.45) is 2.09. The van der Waals surface area contributed by atoms with Gasteiger partial charge in [-0.25, -0.2) is 13.1 Å². The first kappa shape index (κ1) is 11.6. The van der Waals surface area contributed by atoms with Crippen LogP contribution < -0.4 is 4.72 Å². The van der Waals surface area contributed by atoms with E-state index >= 15 is 0 Å². The Hall–Kier alpha value is -1.47. The van der Waals surface area contributed by atoms with Gasteiger partial charge in [-0.3, -0.25) is 9.78 Å². The normalized spacial score (nSPS) is 11.1. The maximum atomic E-state index is 11.3. The van der Waals surface area contributed by atoms with Gasteiger partial charge in [-0.05, 0) is 12.1 Å². The number of rotatable bonds is 3. The molecule has 0 atom stereocenters. The summed E-state index contributed by atoms with van der Waals surface area (Å²) < 4.78 is 23.3. The van der Waals surface area contributed by atoms with Crippen LogP contribution in [0.15, 0.2) is 18.3 Å². The molecule has 6 nitrogen and oxygen atoms in total. The summed E-state index contributed by atoms with van der Waals surface area (Å²) in [5.74, 6) is -0.741. The Kier molecular flexibility index (Phi) is 3.38. The van der Waals surface area contributed by atoms with Crippen LogP contribution in [0.4, 0.5) is 0 Å². The summed E-state index contributed by atoms with van der Waals surface area (Å²) in [5, 5.41) is 8.69. The van der Waals surface area contributed by atoms with Gasteiger partial charge < -0.3 is 5.11 Å². The molecule has 0 radical (unpaired) electrons. The summed E-state index contributed by atoms with van der Waals surface area (Å²) in [6.45, 7) is -0.228. The predicted molar refractivity (Wildman–Crippen MR) is 52.5 cm³/mol. The highest BCUT2D eigenvalue weighted by atomic mass is 32.2. The Labute approximate surface area is 87.0 Å². The van der Waals surface area contributed by atoms with Gasteiger partial charge in [0, 0.05) is 6.20 Å². The van der Waals surface area contributed by atoms with Gasteiger partial charge in [0.2, 0.25) is 10.0 Å². The summed E-state index contributed by atoms with van der Waals surface area (Å²) in [6, 6.07) is 2.83. The van der Waals surface area contributed by atoms with Gasteiger partial charge in [0.1, 0.15) is 0 Å². The third kappa shape index (κ3) is 3.64. The number of carbonyl (C=O) groups is 1. The molecule has 0 unspecified atom stereocenters. The minimum absolute atomic E-state index is 0.123. The molecular formula is C8H10N2O4S. The van der Waals surface area contributed by atoms with E-state index in [0.717, 1.165) is 6.26 Å². The Morgan fingerprint density at radius 3 is 2.60 bits per heavy atom. The number of carbonyl (C=O) groups excluding carboxylic acids is 1. The van der Waals surface area contributed by atoms with Crippen molar-refractivity contribution in [2.45, 2.75) is 6.61 Å². The monoisotopic (exact) mass is 230 g/mol. The van der Waals surface area contributed by atoms with Crippen LogP contribution in [0.1, 0.15) is 16.1 Å². The fraction of sp³-hybridized carbons (Fsp3) is 0.250. The highest BCUT2D eigenvalue weighted by Gasteiger charge is 2.10. The molecule has 1 amide bonds. The van der Waals surface area contributed by atoms with E-state index < -0.39 is 15.9 Å². The van der Waals surface area contributed by atoms with Crippen LogP contribution >= 0.6 is 0 Å². The minimum Gasteiger partial charge on any atom is -0.390 e. The van der Waals surface area contributed by atoms with Gasteiger partial charge in [-0.2, -0.15) is 0 Å². The molecule has 2 N–H and O–H groups in total. The number of hydrogen-bond acceptors (Lipinski definition) is 5. The molecule has 1 heterocycles. The lowest BCUT2D eigenvalue weighted by Crippen LogP contribution is -2.29. The van der Waals surface area contributed by atoms with E-state index in [-0.39, 0.29) is 12.2 Å². The molecule has 7 heteroatoms. The first-order chi connectivity index (χ1) is 6.92. The van der Waals surface area contributed by atoms with Crippen molar-refractivity contribution in [2.75, 3.05) is 6.26 Å². The Balaban J connectivity index is 2.84. The summed E-state index contributed by atoms with van der Waals surface area (Å²) >= 11 is 0. The van der Waals surface area contributed by atoms with Gasteiger partial charge in [0.05, 0.1) is 24.1 Å². The largest absolute Gasteiger partial charge is 0.390 e. The number of nitrogens with one attached hydrogen (secondary N) is 1. The highest BCUT2D eigenvalue weighted by Crippen LogP contribution is 2.00. The number of nitrogens with zero attached hydrogens (tertiary/aromatic N) is 1. The van der Waals surface area contributed by atoms with Crippen LogP contribution in [0.5, 0.6) is 0 Å². The van der Waals surface area contributed by atoms with Crippen molar-refractivity contribution in [3.05, 3.63) is 29.6 Å². The molecule has 0 aliphatic rings. The SMILES string of the molecule is CS(=O)(=O)NC(=O)c1ccc(CO)nc1. The van der Waals surface area contributed by atoms with Gasteiger partial charge >= 0.3 is 0 Å². The molecule has 1 rings (SSSR count). The molecule has 0 fully saturated rings. The topological polar surface area (TPSA) is 96.4 Å². The first-order valence-electron chi connectivity index (χ1n) is 4.00. The van der Waals surface area contributed by atoms with Crippen molar-refractivity contribution >= 4 is 15.9 Å². The van der Waals surface area contributed by atoms with E-state index in [1.54, 1.807) is 4.72 Å².